The highest BCUT2D eigenvalue weighted by molar-refractivity contribution is 7.99. The van der Waals surface area contributed by atoms with Gasteiger partial charge in [-0.1, -0.05) is 11.8 Å². The van der Waals surface area contributed by atoms with Crippen LogP contribution in [0.3, 0.4) is 0 Å². The number of primary sulfonamides is 1. The molecule has 1 aromatic heterocycles. The number of aryl methyl sites for hydroxylation is 1. The molecule has 0 aliphatic carbocycles. The average molecular weight is 451 g/mol. The fourth-order valence-electron chi connectivity index (χ4n) is 2.92. The van der Waals surface area contributed by atoms with E-state index >= 15 is 0 Å². The lowest BCUT2D eigenvalue weighted by molar-refractivity contribution is -0.113. The Balaban J connectivity index is 1.75. The first-order chi connectivity index (χ1) is 14.3. The van der Waals surface area contributed by atoms with Gasteiger partial charge < -0.3 is 19.4 Å². The van der Waals surface area contributed by atoms with E-state index in [4.69, 9.17) is 14.6 Å². The number of aromatic nitrogens is 2. The van der Waals surface area contributed by atoms with Crippen molar-refractivity contribution in [3.8, 4) is 11.5 Å². The molecule has 9 nitrogen and oxygen atoms in total. The summed E-state index contributed by atoms with van der Waals surface area (Å²) in [6.07, 6.45) is 0. The number of thioether (sulfide) groups is 1. The second-order valence-corrected chi connectivity index (χ2v) is 8.74. The third-order valence-corrected chi connectivity index (χ3v) is 6.22. The Labute approximate surface area is 178 Å². The highest BCUT2D eigenvalue weighted by Crippen LogP contribution is 2.30. The molecule has 3 aromatic rings. The summed E-state index contributed by atoms with van der Waals surface area (Å²) in [5, 5.41) is 8.62. The van der Waals surface area contributed by atoms with Crippen LogP contribution < -0.4 is 19.9 Å². The molecule has 0 aliphatic rings. The Bertz CT molecular complexity index is 1190. The first kappa shape index (κ1) is 21.9. The van der Waals surface area contributed by atoms with Crippen molar-refractivity contribution in [2.45, 2.75) is 23.5 Å². The SMILES string of the molecule is CCn1c(SCC(=O)Nc2ccc(OC)c(OC)c2)nc2cc(S(N)(=O)=O)ccc21. The van der Waals surface area contributed by atoms with Gasteiger partial charge in [0.05, 0.1) is 35.9 Å². The van der Waals surface area contributed by atoms with Crippen LogP contribution in [0, 0.1) is 0 Å². The van der Waals surface area contributed by atoms with Gasteiger partial charge in [-0.05, 0) is 37.3 Å². The second-order valence-electron chi connectivity index (χ2n) is 6.24. The maximum atomic E-state index is 12.4. The van der Waals surface area contributed by atoms with E-state index in [0.29, 0.717) is 34.4 Å². The van der Waals surface area contributed by atoms with Crippen molar-refractivity contribution < 1.29 is 22.7 Å². The van der Waals surface area contributed by atoms with Crippen LogP contribution in [0.2, 0.25) is 0 Å². The number of ether oxygens (including phenoxy) is 2. The molecule has 160 valence electrons. The Hall–Kier alpha value is -2.76. The minimum atomic E-state index is -3.82. The summed E-state index contributed by atoms with van der Waals surface area (Å²) < 4.78 is 35.5. The Morgan fingerprint density at radius 1 is 1.17 bits per heavy atom. The number of nitrogens with zero attached hydrogens (tertiary/aromatic N) is 2. The summed E-state index contributed by atoms with van der Waals surface area (Å²) in [5.74, 6) is 0.994. The van der Waals surface area contributed by atoms with Crippen molar-refractivity contribution in [2.24, 2.45) is 5.14 Å². The lowest BCUT2D eigenvalue weighted by Crippen LogP contribution is -2.14. The van der Waals surface area contributed by atoms with Gasteiger partial charge in [0.2, 0.25) is 15.9 Å². The second kappa shape index (κ2) is 8.94. The van der Waals surface area contributed by atoms with E-state index < -0.39 is 10.0 Å². The maximum Gasteiger partial charge on any atom is 0.238 e. The van der Waals surface area contributed by atoms with Crippen molar-refractivity contribution in [1.82, 2.24) is 9.55 Å². The molecular formula is C19H22N4O5S2. The number of fused-ring (bicyclic) bond motifs is 1. The summed E-state index contributed by atoms with van der Waals surface area (Å²) in [5.41, 5.74) is 1.86. The predicted molar refractivity (Wildman–Crippen MR) is 116 cm³/mol. The van der Waals surface area contributed by atoms with Gasteiger partial charge in [0.1, 0.15) is 0 Å². The standard InChI is InChI=1S/C19H22N4O5S2/c1-4-23-15-7-6-13(30(20,25)26)10-14(15)22-19(23)29-11-18(24)21-12-5-8-16(27-2)17(9-12)28-3/h5-10H,4,11H2,1-3H3,(H,21,24)(H2,20,25,26). The molecule has 3 rings (SSSR count). The van der Waals surface area contributed by atoms with Crippen LogP contribution in [-0.4, -0.2) is 43.8 Å². The molecule has 0 fully saturated rings. The molecule has 0 aliphatic heterocycles. The van der Waals surface area contributed by atoms with Gasteiger partial charge in [0, 0.05) is 18.3 Å². The number of nitrogens with one attached hydrogen (secondary N) is 1. The quantitative estimate of drug-likeness (QED) is 0.505. The van der Waals surface area contributed by atoms with Gasteiger partial charge in [0.15, 0.2) is 16.7 Å². The maximum absolute atomic E-state index is 12.4. The van der Waals surface area contributed by atoms with E-state index in [-0.39, 0.29) is 16.6 Å². The zero-order chi connectivity index (χ0) is 21.9. The van der Waals surface area contributed by atoms with Gasteiger partial charge >= 0.3 is 0 Å². The lowest BCUT2D eigenvalue weighted by Gasteiger charge is -2.10. The summed E-state index contributed by atoms with van der Waals surface area (Å²) in [6.45, 7) is 2.56. The van der Waals surface area contributed by atoms with E-state index in [2.05, 4.69) is 10.3 Å². The third-order valence-electron chi connectivity index (χ3n) is 4.33. The van der Waals surface area contributed by atoms with Crippen LogP contribution in [-0.2, 0) is 21.4 Å². The molecule has 0 unspecified atom stereocenters. The summed E-state index contributed by atoms with van der Waals surface area (Å²) in [6, 6.07) is 9.66. The number of amides is 1. The third kappa shape index (κ3) is 4.69. The van der Waals surface area contributed by atoms with Crippen molar-refractivity contribution in [3.05, 3.63) is 36.4 Å². The number of sulfonamides is 1. The van der Waals surface area contributed by atoms with Crippen LogP contribution in [0.25, 0.3) is 11.0 Å². The summed E-state index contributed by atoms with van der Waals surface area (Å²) in [4.78, 5) is 16.9. The molecule has 30 heavy (non-hydrogen) atoms. The number of rotatable bonds is 8. The molecular weight excluding hydrogens is 428 g/mol. The van der Waals surface area contributed by atoms with Crippen molar-refractivity contribution >= 4 is 44.4 Å². The van der Waals surface area contributed by atoms with E-state index in [1.807, 2.05) is 11.5 Å². The Kier molecular flexibility index (Phi) is 6.54. The van der Waals surface area contributed by atoms with Crippen LogP contribution in [0.15, 0.2) is 46.5 Å². The fraction of sp³-hybridized carbons (Fsp3) is 0.263. The molecule has 0 saturated carbocycles. The van der Waals surface area contributed by atoms with Crippen molar-refractivity contribution in [3.63, 3.8) is 0 Å². The number of carbonyl (C=O) groups is 1. The first-order valence-electron chi connectivity index (χ1n) is 8.94. The van der Waals surface area contributed by atoms with Gasteiger partial charge in [-0.3, -0.25) is 4.79 Å². The zero-order valence-corrected chi connectivity index (χ0v) is 18.3. The number of hydrogen-bond acceptors (Lipinski definition) is 7. The van der Waals surface area contributed by atoms with Crippen molar-refractivity contribution in [2.75, 3.05) is 25.3 Å². The molecule has 1 amide bonds. The van der Waals surface area contributed by atoms with Crippen LogP contribution >= 0.6 is 11.8 Å². The number of anilines is 1. The molecule has 2 aromatic carbocycles. The molecule has 0 saturated heterocycles. The topological polar surface area (TPSA) is 126 Å². The monoisotopic (exact) mass is 450 g/mol. The van der Waals surface area contributed by atoms with Gasteiger partial charge in [-0.25, -0.2) is 18.5 Å². The lowest BCUT2D eigenvalue weighted by atomic mass is 10.2. The average Bonchev–Trinajstić information content (AvgIpc) is 3.08. The molecule has 0 spiro atoms. The van der Waals surface area contributed by atoms with E-state index in [1.54, 1.807) is 31.4 Å². The largest absolute Gasteiger partial charge is 0.493 e. The summed E-state index contributed by atoms with van der Waals surface area (Å²) >= 11 is 1.26. The number of benzene rings is 2. The molecule has 0 radical (unpaired) electrons. The van der Waals surface area contributed by atoms with E-state index in [0.717, 1.165) is 5.52 Å². The number of hydrogen-bond donors (Lipinski definition) is 2. The molecule has 11 heteroatoms. The highest BCUT2D eigenvalue weighted by Gasteiger charge is 2.16. The van der Waals surface area contributed by atoms with E-state index in [9.17, 15) is 13.2 Å². The highest BCUT2D eigenvalue weighted by atomic mass is 32.2. The van der Waals surface area contributed by atoms with Crippen LogP contribution in [0.1, 0.15) is 6.92 Å². The number of nitrogens with two attached hydrogens (primary N) is 1. The van der Waals surface area contributed by atoms with Crippen molar-refractivity contribution in [1.29, 1.82) is 0 Å². The molecule has 0 bridgehead atoms. The van der Waals surface area contributed by atoms with Gasteiger partial charge in [0.25, 0.3) is 0 Å². The normalized spacial score (nSPS) is 11.5. The van der Waals surface area contributed by atoms with Crippen LogP contribution in [0.5, 0.6) is 11.5 Å². The first-order valence-corrected chi connectivity index (χ1v) is 11.5. The smallest absolute Gasteiger partial charge is 0.238 e. The zero-order valence-electron chi connectivity index (χ0n) is 16.7. The predicted octanol–water partition coefficient (Wildman–Crippen LogP) is 2.45. The Morgan fingerprint density at radius 3 is 2.53 bits per heavy atom. The molecule has 3 N–H and O–H groups in total. The van der Waals surface area contributed by atoms with Gasteiger partial charge in [-0.15, -0.1) is 0 Å². The molecule has 0 atom stereocenters. The van der Waals surface area contributed by atoms with Gasteiger partial charge in [-0.2, -0.15) is 0 Å². The minimum Gasteiger partial charge on any atom is -0.493 e. The number of carbonyl (C=O) groups excluding carboxylic acids is 1. The van der Waals surface area contributed by atoms with E-state index in [1.165, 1.54) is 31.0 Å². The number of imidazole rings is 1. The Morgan fingerprint density at radius 2 is 1.90 bits per heavy atom. The van der Waals surface area contributed by atoms with Crippen LogP contribution in [0.4, 0.5) is 5.69 Å². The summed E-state index contributed by atoms with van der Waals surface area (Å²) in [7, 11) is -0.751. The molecule has 1 heterocycles. The minimum absolute atomic E-state index is 0.00139. The fourth-order valence-corrected chi connectivity index (χ4v) is 4.33. The number of methoxy groups -OCH3 is 2.